The molecule has 1 aliphatic heterocycles. The zero-order valence-electron chi connectivity index (χ0n) is 13.9. The molecule has 0 N–H and O–H groups in total. The number of hydrogen-bond acceptors (Lipinski definition) is 6. The molecule has 8 heteroatoms. The summed E-state index contributed by atoms with van der Waals surface area (Å²) in [6.45, 7) is 5.93. The Labute approximate surface area is 145 Å². The first-order valence-electron chi connectivity index (χ1n) is 8.72. The zero-order valence-corrected chi connectivity index (χ0v) is 14.7. The average molecular weight is 349 g/mol. The van der Waals surface area contributed by atoms with E-state index in [1.807, 2.05) is 5.38 Å². The molecule has 0 bridgehead atoms. The van der Waals surface area contributed by atoms with E-state index in [1.54, 1.807) is 10.6 Å². The maximum atomic E-state index is 11.5. The fourth-order valence-corrected chi connectivity index (χ4v) is 4.76. The predicted molar refractivity (Wildman–Crippen MR) is 94.9 cm³/mol. The Bertz CT molecular complexity index is 726. The van der Waals surface area contributed by atoms with E-state index in [4.69, 9.17) is 0 Å². The highest BCUT2D eigenvalue weighted by molar-refractivity contribution is 7.15. The molecule has 1 saturated heterocycles. The molecule has 3 heterocycles. The van der Waals surface area contributed by atoms with E-state index in [0.717, 1.165) is 32.1 Å². The van der Waals surface area contributed by atoms with Gasteiger partial charge in [-0.2, -0.15) is 9.38 Å². The molecule has 7 nitrogen and oxygen atoms in total. The van der Waals surface area contributed by atoms with Crippen LogP contribution in [0.1, 0.15) is 32.6 Å². The zero-order chi connectivity index (χ0) is 16.7. The molecule has 2 aromatic heterocycles. The van der Waals surface area contributed by atoms with Crippen LogP contribution in [0.4, 0.5) is 11.6 Å². The van der Waals surface area contributed by atoms with Crippen molar-refractivity contribution in [2.24, 2.45) is 5.92 Å². The minimum atomic E-state index is -0.309. The summed E-state index contributed by atoms with van der Waals surface area (Å²) in [4.78, 5) is 21.0. The summed E-state index contributed by atoms with van der Waals surface area (Å²) >= 11 is 1.44. The van der Waals surface area contributed by atoms with Crippen LogP contribution >= 0.6 is 11.3 Å². The van der Waals surface area contributed by atoms with Crippen LogP contribution in [0.2, 0.25) is 0 Å². The molecule has 130 valence electrons. The number of hydrogen-bond donors (Lipinski definition) is 0. The quantitative estimate of drug-likeness (QED) is 0.629. The Morgan fingerprint density at radius 1 is 1.21 bits per heavy atom. The first kappa shape index (κ1) is 15.8. The Balaban J connectivity index is 1.47. The maximum Gasteiger partial charge on any atom is 0.373 e. The number of thiazole rings is 1. The highest BCUT2D eigenvalue weighted by Gasteiger charge is 2.32. The lowest BCUT2D eigenvalue weighted by atomic mass is 9.86. The molecule has 1 saturated carbocycles. The van der Waals surface area contributed by atoms with Crippen molar-refractivity contribution in [3.8, 4) is 0 Å². The molecule has 2 aliphatic rings. The van der Waals surface area contributed by atoms with Gasteiger partial charge < -0.3 is 15.0 Å². The lowest BCUT2D eigenvalue weighted by molar-refractivity contribution is -0.389. The van der Waals surface area contributed by atoms with Crippen LogP contribution in [-0.4, -0.2) is 51.4 Å². The summed E-state index contributed by atoms with van der Waals surface area (Å²) in [5, 5.41) is 13.3. The van der Waals surface area contributed by atoms with Crippen LogP contribution < -0.4 is 4.90 Å². The third kappa shape index (κ3) is 2.77. The monoisotopic (exact) mass is 349 g/mol. The normalized spacial score (nSPS) is 26.1. The summed E-state index contributed by atoms with van der Waals surface area (Å²) in [6, 6.07) is 0.698. The summed E-state index contributed by atoms with van der Waals surface area (Å²) < 4.78 is 1.59. The number of anilines is 1. The summed E-state index contributed by atoms with van der Waals surface area (Å²) in [5.41, 5.74) is 0. The van der Waals surface area contributed by atoms with Crippen LogP contribution in [0, 0.1) is 16.0 Å². The van der Waals surface area contributed by atoms with Gasteiger partial charge in [0.2, 0.25) is 5.82 Å². The molecule has 1 aliphatic carbocycles. The van der Waals surface area contributed by atoms with Gasteiger partial charge in [-0.05, 0) is 36.5 Å². The van der Waals surface area contributed by atoms with Gasteiger partial charge in [-0.25, -0.2) is 0 Å². The molecule has 2 fully saturated rings. The molecular weight excluding hydrogens is 326 g/mol. The van der Waals surface area contributed by atoms with E-state index < -0.39 is 0 Å². The number of nitro groups is 1. The topological polar surface area (TPSA) is 66.9 Å². The van der Waals surface area contributed by atoms with Gasteiger partial charge in [-0.1, -0.05) is 18.3 Å². The average Bonchev–Trinajstić information content (AvgIpc) is 3.16. The molecule has 0 aromatic carbocycles. The maximum absolute atomic E-state index is 11.5. The van der Waals surface area contributed by atoms with Gasteiger partial charge in [-0.15, -0.1) is 0 Å². The van der Waals surface area contributed by atoms with Gasteiger partial charge in [0.1, 0.15) is 6.20 Å². The van der Waals surface area contributed by atoms with Crippen molar-refractivity contribution in [1.29, 1.82) is 0 Å². The summed E-state index contributed by atoms with van der Waals surface area (Å²) in [6.07, 6.45) is 6.97. The Morgan fingerprint density at radius 3 is 2.58 bits per heavy atom. The fourth-order valence-electron chi connectivity index (χ4n) is 4.05. The highest BCUT2D eigenvalue weighted by atomic mass is 32.1. The van der Waals surface area contributed by atoms with Crippen molar-refractivity contribution in [3.05, 3.63) is 21.7 Å². The summed E-state index contributed by atoms with van der Waals surface area (Å²) in [7, 11) is 0. The van der Waals surface area contributed by atoms with E-state index in [-0.39, 0.29) is 10.7 Å². The third-order valence-electron chi connectivity index (χ3n) is 5.51. The van der Waals surface area contributed by atoms with E-state index >= 15 is 0 Å². The second-order valence-electron chi connectivity index (χ2n) is 7.01. The number of imidazole rings is 1. The van der Waals surface area contributed by atoms with Crippen molar-refractivity contribution in [2.45, 2.75) is 38.6 Å². The SMILES string of the molecule is CC1CCC(N2CCN(c3nc4sccn4c3[N+](=O)[O-])CC2)CC1. The van der Waals surface area contributed by atoms with Gasteiger partial charge >= 0.3 is 5.82 Å². The van der Waals surface area contributed by atoms with E-state index in [2.05, 4.69) is 21.7 Å². The van der Waals surface area contributed by atoms with Gasteiger partial charge in [0.25, 0.3) is 4.96 Å². The van der Waals surface area contributed by atoms with Gasteiger partial charge in [0, 0.05) is 37.6 Å². The van der Waals surface area contributed by atoms with Gasteiger partial charge in [0.15, 0.2) is 0 Å². The second kappa shape index (κ2) is 6.33. The van der Waals surface area contributed by atoms with Crippen LogP contribution in [0.5, 0.6) is 0 Å². The van der Waals surface area contributed by atoms with Crippen LogP contribution in [-0.2, 0) is 0 Å². The molecule has 0 radical (unpaired) electrons. The second-order valence-corrected chi connectivity index (χ2v) is 7.88. The van der Waals surface area contributed by atoms with Crippen molar-refractivity contribution < 1.29 is 4.92 Å². The van der Waals surface area contributed by atoms with Gasteiger partial charge in [0.05, 0.1) is 0 Å². The van der Waals surface area contributed by atoms with Crippen molar-refractivity contribution in [2.75, 3.05) is 31.1 Å². The minimum absolute atomic E-state index is 0.103. The van der Waals surface area contributed by atoms with E-state index in [0.29, 0.717) is 16.8 Å². The molecule has 24 heavy (non-hydrogen) atoms. The smallest absolute Gasteiger partial charge is 0.358 e. The lowest BCUT2D eigenvalue weighted by Gasteiger charge is -2.41. The van der Waals surface area contributed by atoms with Crippen molar-refractivity contribution >= 4 is 27.9 Å². The molecule has 0 atom stereocenters. The van der Waals surface area contributed by atoms with Crippen LogP contribution in [0.3, 0.4) is 0 Å². The Kier molecular flexibility index (Phi) is 4.17. The van der Waals surface area contributed by atoms with E-state index in [1.165, 1.54) is 37.0 Å². The molecule has 0 spiro atoms. The summed E-state index contributed by atoms with van der Waals surface area (Å²) in [5.74, 6) is 1.50. The standard InChI is InChI=1S/C16H23N5O2S/c1-12-2-4-13(5-3-12)18-6-8-19(9-7-18)14-15(21(22)23)20-10-11-24-16(20)17-14/h10-13H,2-9H2,1H3. The fraction of sp³-hybridized carbons (Fsp3) is 0.688. The lowest BCUT2D eigenvalue weighted by Crippen LogP contribution is -2.51. The Morgan fingerprint density at radius 2 is 1.92 bits per heavy atom. The van der Waals surface area contributed by atoms with Crippen LogP contribution in [0.25, 0.3) is 4.96 Å². The first-order valence-corrected chi connectivity index (χ1v) is 9.60. The number of rotatable bonds is 3. The molecule has 4 rings (SSSR count). The molecule has 0 amide bonds. The van der Waals surface area contributed by atoms with Crippen molar-refractivity contribution in [3.63, 3.8) is 0 Å². The van der Waals surface area contributed by atoms with Crippen LogP contribution in [0.15, 0.2) is 11.6 Å². The molecular formula is C16H23N5O2S. The third-order valence-corrected chi connectivity index (χ3v) is 6.26. The Hall–Kier alpha value is -1.67. The van der Waals surface area contributed by atoms with E-state index in [9.17, 15) is 10.1 Å². The van der Waals surface area contributed by atoms with Gasteiger partial charge in [-0.3, -0.25) is 4.90 Å². The highest BCUT2D eigenvalue weighted by Crippen LogP contribution is 2.33. The number of fused-ring (bicyclic) bond motifs is 1. The predicted octanol–water partition coefficient (Wildman–Crippen LogP) is 3.00. The first-order chi connectivity index (χ1) is 11.6. The number of nitrogens with zero attached hydrogens (tertiary/aromatic N) is 5. The molecule has 2 aromatic rings. The van der Waals surface area contributed by atoms with Crippen molar-refractivity contribution in [1.82, 2.24) is 14.3 Å². The molecule has 0 unspecified atom stereocenters. The number of aromatic nitrogens is 2. The minimum Gasteiger partial charge on any atom is -0.358 e. The number of piperazine rings is 1. The largest absolute Gasteiger partial charge is 0.373 e.